The zero-order valence-electron chi connectivity index (χ0n) is 11.9. The van der Waals surface area contributed by atoms with Crippen molar-refractivity contribution in [3.8, 4) is 0 Å². The third kappa shape index (κ3) is 2.68. The van der Waals surface area contributed by atoms with Crippen molar-refractivity contribution >= 4 is 17.7 Å². The molecule has 1 saturated heterocycles. The number of nitrogens with zero attached hydrogens (tertiary/aromatic N) is 3. The summed E-state index contributed by atoms with van der Waals surface area (Å²) in [6.07, 6.45) is 5.99. The largest absolute Gasteiger partial charge is 0.323 e. The maximum atomic E-state index is 12.7. The number of hydrogen-bond donors (Lipinski definition) is 1. The van der Waals surface area contributed by atoms with Crippen molar-refractivity contribution in [3.05, 3.63) is 18.0 Å². The van der Waals surface area contributed by atoms with E-state index < -0.39 is 6.04 Å². The van der Waals surface area contributed by atoms with E-state index in [1.165, 1.54) is 6.20 Å². The lowest BCUT2D eigenvalue weighted by atomic mass is 10.1. The molecule has 1 aliphatic heterocycles. The molecule has 0 radical (unpaired) electrons. The van der Waals surface area contributed by atoms with Crippen LogP contribution < -0.4 is 5.32 Å². The lowest BCUT2D eigenvalue weighted by molar-refractivity contribution is -0.126. The fourth-order valence-corrected chi connectivity index (χ4v) is 2.65. The second kappa shape index (κ2) is 5.31. The van der Waals surface area contributed by atoms with Crippen molar-refractivity contribution in [2.24, 2.45) is 0 Å². The second-order valence-electron chi connectivity index (χ2n) is 5.57. The highest BCUT2D eigenvalue weighted by molar-refractivity contribution is 6.08. The first-order valence-corrected chi connectivity index (χ1v) is 7.29. The molecule has 7 nitrogen and oxygen atoms in total. The lowest BCUT2D eigenvalue weighted by Crippen LogP contribution is -2.45. The number of aryl methyl sites for hydroxylation is 1. The van der Waals surface area contributed by atoms with E-state index in [9.17, 15) is 14.4 Å². The van der Waals surface area contributed by atoms with Gasteiger partial charge in [-0.3, -0.25) is 24.4 Å². The number of carbonyl (C=O) groups excluding carboxylic acids is 3. The molecule has 0 spiro atoms. The summed E-state index contributed by atoms with van der Waals surface area (Å²) >= 11 is 0. The number of carbonyl (C=O) groups is 3. The van der Waals surface area contributed by atoms with Gasteiger partial charge in [0.25, 0.3) is 5.91 Å². The topological polar surface area (TPSA) is 84.3 Å². The van der Waals surface area contributed by atoms with Gasteiger partial charge in [0.05, 0.1) is 18.2 Å². The summed E-state index contributed by atoms with van der Waals surface area (Å²) in [4.78, 5) is 37.5. The molecule has 21 heavy (non-hydrogen) atoms. The molecule has 7 heteroatoms. The predicted octanol–water partition coefficient (Wildman–Crippen LogP) is 0.313. The highest BCUT2D eigenvalue weighted by Crippen LogP contribution is 2.32. The van der Waals surface area contributed by atoms with Gasteiger partial charge >= 0.3 is 0 Å². The summed E-state index contributed by atoms with van der Waals surface area (Å²) in [6.45, 7) is 2.78. The Bertz CT molecular complexity index is 591. The molecule has 1 atom stereocenters. The van der Waals surface area contributed by atoms with Gasteiger partial charge in [-0.05, 0) is 19.3 Å². The number of imide groups is 1. The van der Waals surface area contributed by atoms with Crippen molar-refractivity contribution in [2.75, 3.05) is 0 Å². The van der Waals surface area contributed by atoms with Gasteiger partial charge in [0.1, 0.15) is 6.04 Å². The summed E-state index contributed by atoms with van der Waals surface area (Å²) in [5.41, 5.74) is 0.475. The van der Waals surface area contributed by atoms with Crippen LogP contribution in [-0.2, 0) is 16.1 Å². The first-order valence-electron chi connectivity index (χ1n) is 7.29. The zero-order valence-corrected chi connectivity index (χ0v) is 11.9. The van der Waals surface area contributed by atoms with Gasteiger partial charge in [-0.15, -0.1) is 0 Å². The smallest absolute Gasteiger partial charge is 0.257 e. The summed E-state index contributed by atoms with van der Waals surface area (Å²) in [5, 5.41) is 6.42. The molecule has 2 heterocycles. The van der Waals surface area contributed by atoms with Gasteiger partial charge < -0.3 is 4.90 Å². The van der Waals surface area contributed by atoms with E-state index in [1.807, 2.05) is 6.92 Å². The van der Waals surface area contributed by atoms with Gasteiger partial charge in [-0.1, -0.05) is 6.92 Å². The van der Waals surface area contributed by atoms with Crippen LogP contribution in [0, 0.1) is 0 Å². The minimum Gasteiger partial charge on any atom is -0.323 e. The van der Waals surface area contributed by atoms with Crippen molar-refractivity contribution in [1.82, 2.24) is 20.0 Å². The standard InChI is InChI=1S/C14H18N4O3/c1-2-5-17-8-9(7-15-17)14(21)18(10-3-4-10)11-6-12(19)16-13(11)20/h7-8,10-11H,2-6H2,1H3,(H,16,19,20)/t11-/m1/s1. The molecule has 3 amide bonds. The molecular weight excluding hydrogens is 272 g/mol. The van der Waals surface area contributed by atoms with Crippen molar-refractivity contribution in [2.45, 2.75) is 51.2 Å². The molecule has 0 aromatic carbocycles. The van der Waals surface area contributed by atoms with Crippen LogP contribution in [0.2, 0.25) is 0 Å². The first-order chi connectivity index (χ1) is 10.1. The molecule has 1 N–H and O–H groups in total. The fraction of sp³-hybridized carbons (Fsp3) is 0.571. The average Bonchev–Trinajstić information content (AvgIpc) is 3.06. The molecule has 2 fully saturated rings. The van der Waals surface area contributed by atoms with Crippen LogP contribution in [0.4, 0.5) is 0 Å². The summed E-state index contributed by atoms with van der Waals surface area (Å²) < 4.78 is 1.72. The van der Waals surface area contributed by atoms with Crippen molar-refractivity contribution < 1.29 is 14.4 Å². The molecule has 1 aliphatic carbocycles. The molecular formula is C14H18N4O3. The molecule has 2 aliphatic rings. The van der Waals surface area contributed by atoms with E-state index in [4.69, 9.17) is 0 Å². The Hall–Kier alpha value is -2.18. The van der Waals surface area contributed by atoms with Gasteiger partial charge in [0.2, 0.25) is 11.8 Å². The van der Waals surface area contributed by atoms with E-state index in [-0.39, 0.29) is 30.2 Å². The highest BCUT2D eigenvalue weighted by Gasteiger charge is 2.45. The Labute approximate surface area is 122 Å². The highest BCUT2D eigenvalue weighted by atomic mass is 16.2. The van der Waals surface area contributed by atoms with Gasteiger partial charge in [0.15, 0.2) is 0 Å². The minimum absolute atomic E-state index is 0.0597. The van der Waals surface area contributed by atoms with Crippen LogP contribution in [-0.4, -0.2) is 44.5 Å². The Morgan fingerprint density at radius 2 is 2.24 bits per heavy atom. The molecule has 3 rings (SSSR count). The van der Waals surface area contributed by atoms with E-state index in [0.29, 0.717) is 5.56 Å². The van der Waals surface area contributed by atoms with Crippen LogP contribution in [0.25, 0.3) is 0 Å². The molecule has 112 valence electrons. The normalized spacial score (nSPS) is 21.5. The number of aromatic nitrogens is 2. The van der Waals surface area contributed by atoms with E-state index >= 15 is 0 Å². The maximum absolute atomic E-state index is 12.7. The maximum Gasteiger partial charge on any atom is 0.257 e. The summed E-state index contributed by atoms with van der Waals surface area (Å²) in [6, 6.07) is -0.610. The minimum atomic E-state index is -0.674. The Kier molecular flexibility index (Phi) is 3.48. The van der Waals surface area contributed by atoms with Crippen molar-refractivity contribution in [1.29, 1.82) is 0 Å². The first kappa shape index (κ1) is 13.8. The number of amides is 3. The zero-order chi connectivity index (χ0) is 15.0. The third-order valence-electron chi connectivity index (χ3n) is 3.79. The molecule has 1 aromatic rings. The molecule has 0 unspecified atom stereocenters. The number of nitrogens with one attached hydrogen (secondary N) is 1. The van der Waals surface area contributed by atoms with E-state index in [1.54, 1.807) is 15.8 Å². The summed E-state index contributed by atoms with van der Waals surface area (Å²) in [5.74, 6) is -0.902. The van der Waals surface area contributed by atoms with Crippen LogP contribution in [0.3, 0.4) is 0 Å². The Morgan fingerprint density at radius 1 is 1.48 bits per heavy atom. The molecule has 0 bridgehead atoms. The SMILES string of the molecule is CCCn1cc(C(=O)N(C2CC2)[C@@H]2CC(=O)NC2=O)cn1. The van der Waals surface area contributed by atoms with Crippen LogP contribution in [0.5, 0.6) is 0 Å². The Morgan fingerprint density at radius 3 is 2.81 bits per heavy atom. The van der Waals surface area contributed by atoms with Crippen molar-refractivity contribution in [3.63, 3.8) is 0 Å². The third-order valence-corrected chi connectivity index (χ3v) is 3.79. The van der Waals surface area contributed by atoms with Crippen LogP contribution in [0.15, 0.2) is 12.4 Å². The van der Waals surface area contributed by atoms with Crippen LogP contribution in [0.1, 0.15) is 43.0 Å². The summed E-state index contributed by atoms with van der Waals surface area (Å²) in [7, 11) is 0. The lowest BCUT2D eigenvalue weighted by Gasteiger charge is -2.26. The van der Waals surface area contributed by atoms with Gasteiger partial charge in [-0.25, -0.2) is 0 Å². The quantitative estimate of drug-likeness (QED) is 0.791. The van der Waals surface area contributed by atoms with E-state index in [0.717, 1.165) is 25.8 Å². The predicted molar refractivity (Wildman–Crippen MR) is 73.3 cm³/mol. The monoisotopic (exact) mass is 290 g/mol. The molecule has 1 aromatic heterocycles. The fourth-order valence-electron chi connectivity index (χ4n) is 2.65. The Balaban J connectivity index is 1.81. The van der Waals surface area contributed by atoms with E-state index in [2.05, 4.69) is 10.4 Å². The number of hydrogen-bond acceptors (Lipinski definition) is 4. The second-order valence-corrected chi connectivity index (χ2v) is 5.57. The average molecular weight is 290 g/mol. The number of rotatable bonds is 5. The van der Waals surface area contributed by atoms with Crippen LogP contribution >= 0.6 is 0 Å². The molecule has 1 saturated carbocycles. The van der Waals surface area contributed by atoms with Gasteiger partial charge in [0, 0.05) is 18.8 Å². The van der Waals surface area contributed by atoms with Gasteiger partial charge in [-0.2, -0.15) is 5.10 Å².